The molecule has 0 saturated carbocycles. The molecule has 31 heavy (non-hydrogen) atoms. The Hall–Kier alpha value is -4.18. The van der Waals surface area contributed by atoms with E-state index in [0.717, 1.165) is 11.1 Å². The van der Waals surface area contributed by atoms with Crippen LogP contribution in [-0.4, -0.2) is 26.9 Å². The molecule has 3 rings (SSSR count). The third kappa shape index (κ3) is 5.25. The Bertz CT molecular complexity index is 1190. The number of anilines is 1. The number of carbonyl (C=O) groups is 2. The van der Waals surface area contributed by atoms with Crippen LogP contribution in [0.4, 0.5) is 5.82 Å². The van der Waals surface area contributed by atoms with E-state index in [4.69, 9.17) is 5.73 Å². The van der Waals surface area contributed by atoms with Crippen molar-refractivity contribution in [3.05, 3.63) is 71.5 Å². The van der Waals surface area contributed by atoms with Crippen molar-refractivity contribution < 1.29 is 14.7 Å². The van der Waals surface area contributed by atoms with Crippen LogP contribution >= 0.6 is 0 Å². The van der Waals surface area contributed by atoms with E-state index in [9.17, 15) is 14.7 Å². The highest BCUT2D eigenvalue weighted by Crippen LogP contribution is 2.31. The SMILES string of the molecule is CC(C)(C)C(=O)Nc1nc(-c2ccc(C#Cc3cccnc3)cc2)cc(C(N)=O)c1O. The maximum absolute atomic E-state index is 12.4. The predicted octanol–water partition coefficient (Wildman–Crippen LogP) is 3.33. The van der Waals surface area contributed by atoms with Gasteiger partial charge in [-0.05, 0) is 30.3 Å². The summed E-state index contributed by atoms with van der Waals surface area (Å²) in [5, 5.41) is 12.9. The van der Waals surface area contributed by atoms with Crippen LogP contribution in [0.25, 0.3) is 11.3 Å². The van der Waals surface area contributed by atoms with Crippen LogP contribution in [-0.2, 0) is 4.79 Å². The van der Waals surface area contributed by atoms with Crippen molar-refractivity contribution in [3.8, 4) is 28.8 Å². The maximum Gasteiger partial charge on any atom is 0.252 e. The zero-order valence-electron chi connectivity index (χ0n) is 17.4. The molecule has 0 bridgehead atoms. The van der Waals surface area contributed by atoms with Gasteiger partial charge >= 0.3 is 0 Å². The van der Waals surface area contributed by atoms with Gasteiger partial charge in [0.25, 0.3) is 5.91 Å². The van der Waals surface area contributed by atoms with E-state index in [-0.39, 0.29) is 17.3 Å². The third-order valence-electron chi connectivity index (χ3n) is 4.36. The molecular weight excluding hydrogens is 392 g/mol. The molecule has 0 aliphatic heterocycles. The van der Waals surface area contributed by atoms with E-state index < -0.39 is 17.1 Å². The largest absolute Gasteiger partial charge is 0.504 e. The molecule has 2 heterocycles. The second-order valence-electron chi connectivity index (χ2n) is 7.89. The molecule has 0 aliphatic carbocycles. The number of amides is 2. The number of aromatic nitrogens is 2. The van der Waals surface area contributed by atoms with E-state index >= 15 is 0 Å². The first-order valence-corrected chi connectivity index (χ1v) is 9.53. The average Bonchev–Trinajstić information content (AvgIpc) is 2.74. The summed E-state index contributed by atoms with van der Waals surface area (Å²) in [6.45, 7) is 5.18. The molecule has 0 saturated heterocycles. The van der Waals surface area contributed by atoms with Gasteiger partial charge in [0, 0.05) is 34.5 Å². The summed E-state index contributed by atoms with van der Waals surface area (Å²) in [5.41, 5.74) is 7.18. The first-order valence-electron chi connectivity index (χ1n) is 9.53. The van der Waals surface area contributed by atoms with Gasteiger partial charge in [-0.2, -0.15) is 0 Å². The van der Waals surface area contributed by atoms with Crippen molar-refractivity contribution in [3.63, 3.8) is 0 Å². The Morgan fingerprint density at radius 3 is 2.32 bits per heavy atom. The number of hydrogen-bond donors (Lipinski definition) is 3. The second-order valence-corrected chi connectivity index (χ2v) is 7.89. The summed E-state index contributed by atoms with van der Waals surface area (Å²) in [7, 11) is 0. The summed E-state index contributed by atoms with van der Waals surface area (Å²) in [6, 6.07) is 12.3. The Labute approximate surface area is 180 Å². The van der Waals surface area contributed by atoms with Crippen LogP contribution in [0.2, 0.25) is 0 Å². The van der Waals surface area contributed by atoms with Crippen LogP contribution in [0.3, 0.4) is 0 Å². The molecular formula is C24H22N4O3. The molecule has 0 atom stereocenters. The number of nitrogens with one attached hydrogen (secondary N) is 1. The molecule has 3 aromatic rings. The fourth-order valence-corrected chi connectivity index (χ4v) is 2.56. The topological polar surface area (TPSA) is 118 Å². The Morgan fingerprint density at radius 2 is 1.74 bits per heavy atom. The van der Waals surface area contributed by atoms with Gasteiger partial charge in [-0.1, -0.05) is 44.7 Å². The van der Waals surface area contributed by atoms with E-state index in [1.54, 1.807) is 45.3 Å². The molecule has 0 fully saturated rings. The normalized spacial score (nSPS) is 10.7. The van der Waals surface area contributed by atoms with Crippen LogP contribution < -0.4 is 11.1 Å². The van der Waals surface area contributed by atoms with E-state index in [2.05, 4.69) is 27.1 Å². The van der Waals surface area contributed by atoms with Gasteiger partial charge in [-0.3, -0.25) is 14.6 Å². The number of nitrogens with zero attached hydrogens (tertiary/aromatic N) is 2. The molecule has 2 amide bonds. The molecule has 156 valence electrons. The average molecular weight is 414 g/mol. The quantitative estimate of drug-likeness (QED) is 0.568. The molecule has 0 spiro atoms. The van der Waals surface area contributed by atoms with E-state index in [0.29, 0.717) is 11.3 Å². The van der Waals surface area contributed by atoms with Gasteiger partial charge in [0.05, 0.1) is 11.3 Å². The molecule has 7 nitrogen and oxygen atoms in total. The number of primary amides is 1. The van der Waals surface area contributed by atoms with Crippen LogP contribution in [0.1, 0.15) is 42.3 Å². The fourth-order valence-electron chi connectivity index (χ4n) is 2.56. The smallest absolute Gasteiger partial charge is 0.252 e. The Morgan fingerprint density at radius 1 is 1.06 bits per heavy atom. The number of pyridine rings is 2. The maximum atomic E-state index is 12.4. The van der Waals surface area contributed by atoms with E-state index in [1.165, 1.54) is 6.07 Å². The number of aromatic hydroxyl groups is 1. The van der Waals surface area contributed by atoms with Crippen LogP contribution in [0, 0.1) is 17.3 Å². The summed E-state index contributed by atoms with van der Waals surface area (Å²) in [4.78, 5) is 32.5. The molecule has 7 heteroatoms. The first kappa shape index (κ1) is 21.5. The lowest BCUT2D eigenvalue weighted by Crippen LogP contribution is -2.28. The van der Waals surface area contributed by atoms with Gasteiger partial charge in [-0.15, -0.1) is 0 Å². The molecule has 0 unspecified atom stereocenters. The minimum absolute atomic E-state index is 0.119. The first-order chi connectivity index (χ1) is 14.6. The van der Waals surface area contributed by atoms with Crippen molar-refractivity contribution in [1.29, 1.82) is 0 Å². The standard InChI is InChI=1S/C24H22N4O3/c1-24(2,3)23(31)28-22-20(29)18(21(25)30)13-19(27-22)17-10-8-15(9-11-17)6-7-16-5-4-12-26-14-16/h4-5,8-14,29H,1-3H3,(H2,25,30)(H,27,28,31). The van der Waals surface area contributed by atoms with Crippen LogP contribution in [0.5, 0.6) is 5.75 Å². The van der Waals surface area contributed by atoms with Gasteiger partial charge in [0.2, 0.25) is 5.91 Å². The van der Waals surface area contributed by atoms with Gasteiger partial charge in [0.1, 0.15) is 0 Å². The van der Waals surface area contributed by atoms with Gasteiger partial charge in [-0.25, -0.2) is 4.98 Å². The Balaban J connectivity index is 1.95. The number of hydrogen-bond acceptors (Lipinski definition) is 5. The molecule has 2 aromatic heterocycles. The number of nitrogens with two attached hydrogens (primary N) is 1. The van der Waals surface area contributed by atoms with Gasteiger partial charge in [0.15, 0.2) is 11.6 Å². The van der Waals surface area contributed by atoms with E-state index in [1.807, 2.05) is 24.3 Å². The molecule has 0 radical (unpaired) electrons. The lowest BCUT2D eigenvalue weighted by Gasteiger charge is -2.18. The second kappa shape index (κ2) is 8.67. The number of rotatable bonds is 3. The molecule has 1 aromatic carbocycles. The summed E-state index contributed by atoms with van der Waals surface area (Å²) < 4.78 is 0. The highest BCUT2D eigenvalue weighted by molar-refractivity contribution is 6.01. The fraction of sp³-hybridized carbons (Fsp3) is 0.167. The molecule has 4 N–H and O–H groups in total. The highest BCUT2D eigenvalue weighted by Gasteiger charge is 2.25. The van der Waals surface area contributed by atoms with Crippen molar-refractivity contribution in [2.75, 3.05) is 5.32 Å². The highest BCUT2D eigenvalue weighted by atomic mass is 16.3. The van der Waals surface area contributed by atoms with Crippen molar-refractivity contribution in [1.82, 2.24) is 9.97 Å². The lowest BCUT2D eigenvalue weighted by molar-refractivity contribution is -0.123. The van der Waals surface area contributed by atoms with Gasteiger partial charge < -0.3 is 16.2 Å². The zero-order valence-corrected chi connectivity index (χ0v) is 17.4. The zero-order chi connectivity index (χ0) is 22.6. The van der Waals surface area contributed by atoms with Crippen molar-refractivity contribution >= 4 is 17.6 Å². The van der Waals surface area contributed by atoms with Crippen LogP contribution in [0.15, 0.2) is 54.9 Å². The number of carbonyl (C=O) groups excluding carboxylic acids is 2. The van der Waals surface area contributed by atoms with Crippen molar-refractivity contribution in [2.45, 2.75) is 20.8 Å². The lowest BCUT2D eigenvalue weighted by atomic mass is 9.95. The number of benzene rings is 1. The van der Waals surface area contributed by atoms with Crippen molar-refractivity contribution in [2.24, 2.45) is 11.1 Å². The Kier molecular flexibility index (Phi) is 6.02. The minimum Gasteiger partial charge on any atom is -0.504 e. The summed E-state index contributed by atoms with van der Waals surface area (Å²) >= 11 is 0. The third-order valence-corrected chi connectivity index (χ3v) is 4.36. The summed E-state index contributed by atoms with van der Waals surface area (Å²) in [6.07, 6.45) is 3.36. The summed E-state index contributed by atoms with van der Waals surface area (Å²) in [5.74, 6) is 4.31. The minimum atomic E-state index is -0.827. The molecule has 0 aliphatic rings. The monoisotopic (exact) mass is 414 g/mol. The predicted molar refractivity (Wildman–Crippen MR) is 118 cm³/mol.